The van der Waals surface area contributed by atoms with E-state index in [1.165, 1.54) is 24.3 Å². The van der Waals surface area contributed by atoms with Gasteiger partial charge in [-0.05, 0) is 96.1 Å². The Bertz CT molecular complexity index is 3410. The number of hydrogen-bond acceptors (Lipinski definition) is 20. The summed E-state index contributed by atoms with van der Waals surface area (Å²) in [5.41, 5.74) is -0.550. The highest BCUT2D eigenvalue weighted by molar-refractivity contribution is 5.97. The fraction of sp³-hybridized carbons (Fsp3) is 0.0526. The van der Waals surface area contributed by atoms with Crippen molar-refractivity contribution in [1.82, 2.24) is 0 Å². The van der Waals surface area contributed by atoms with Crippen LogP contribution in [0.25, 0.3) is 0 Å². The molecule has 77 heavy (non-hydrogen) atoms. The Balaban J connectivity index is 0.974. The van der Waals surface area contributed by atoms with Crippen molar-refractivity contribution < 1.29 is 98.0 Å². The van der Waals surface area contributed by atoms with E-state index in [1.54, 1.807) is 24.3 Å². The lowest BCUT2D eigenvalue weighted by Gasteiger charge is -2.26. The van der Waals surface area contributed by atoms with Crippen LogP contribution in [0.4, 0.5) is 0 Å². The van der Waals surface area contributed by atoms with Crippen molar-refractivity contribution in [1.29, 1.82) is 0 Å². The van der Waals surface area contributed by atoms with Crippen LogP contribution >= 0.6 is 0 Å². The number of phenolic OH excluding ortho intramolecular Hbond substituents is 8. The first kappa shape index (κ1) is 52.3. The molecule has 0 aliphatic rings. The third-order valence-corrected chi connectivity index (χ3v) is 11.2. The summed E-state index contributed by atoms with van der Waals surface area (Å²) in [6.07, 6.45) is 0. The summed E-state index contributed by atoms with van der Waals surface area (Å²) in [7, 11) is 0. The maximum atomic E-state index is 13.6. The Morgan fingerprint density at radius 2 is 0.468 bits per heavy atom. The summed E-state index contributed by atoms with van der Waals surface area (Å²) in [4.78, 5) is 79.3. The van der Waals surface area contributed by atoms with Gasteiger partial charge in [-0.25, -0.2) is 28.8 Å². The molecular formula is C57H40O20. The molecule has 8 N–H and O–H groups in total. The number of hydrogen-bond donors (Lipinski definition) is 8. The summed E-state index contributed by atoms with van der Waals surface area (Å²) in [6, 6.07) is 31.5. The Morgan fingerprint density at radius 3 is 0.740 bits per heavy atom. The molecule has 0 aromatic heterocycles. The van der Waals surface area contributed by atoms with Gasteiger partial charge in [0, 0.05) is 53.9 Å². The van der Waals surface area contributed by atoms with Gasteiger partial charge in [-0.2, -0.15) is 0 Å². The van der Waals surface area contributed by atoms with E-state index in [9.17, 15) is 69.6 Å². The maximum absolute atomic E-state index is 13.6. The second-order valence-electron chi connectivity index (χ2n) is 17.3. The molecule has 0 saturated heterocycles. The number of phenols is 8. The molecule has 8 rings (SSSR count). The van der Waals surface area contributed by atoms with Crippen LogP contribution in [-0.4, -0.2) is 76.7 Å². The first-order chi connectivity index (χ1) is 36.5. The van der Waals surface area contributed by atoms with Crippen LogP contribution in [0.15, 0.2) is 158 Å². The van der Waals surface area contributed by atoms with E-state index < -0.39 is 87.2 Å². The monoisotopic (exact) mass is 1040 g/mol. The predicted octanol–water partition coefficient (Wildman–Crippen LogP) is 8.97. The number of esters is 6. The van der Waals surface area contributed by atoms with Crippen molar-refractivity contribution >= 4 is 35.8 Å². The highest BCUT2D eigenvalue weighted by Crippen LogP contribution is 2.36. The lowest BCUT2D eigenvalue weighted by atomic mass is 9.78. The van der Waals surface area contributed by atoms with Crippen molar-refractivity contribution in [3.05, 3.63) is 202 Å². The first-order valence-electron chi connectivity index (χ1n) is 22.5. The van der Waals surface area contributed by atoms with E-state index in [0.717, 1.165) is 115 Å². The van der Waals surface area contributed by atoms with Crippen molar-refractivity contribution in [2.75, 3.05) is 0 Å². The van der Waals surface area contributed by atoms with Gasteiger partial charge in [0.2, 0.25) is 0 Å². The highest BCUT2D eigenvalue weighted by atomic mass is 16.6. The maximum Gasteiger partial charge on any atom is 0.343 e. The van der Waals surface area contributed by atoms with Crippen LogP contribution in [0.3, 0.4) is 0 Å². The van der Waals surface area contributed by atoms with E-state index in [1.807, 2.05) is 13.8 Å². The standard InChI is InChI=1S/C57H40O20/c1-57(2,35-5-3-29(4-6-35)51(66)75-48-26-49(76-54(69)32-15-41(62)23-42(63)16-32)28-50(27-48)77-55(70)33-17-43(64)24-44(65)18-33)36-7-9-45(10-8-36)72-56(71)34-19-46(73-52(67)30-11-37(58)21-38(59)12-30)25-47(20-34)74-53(68)31-13-39(60)22-40(61)14-31/h3-28,58-65H,1-2H3. The predicted molar refractivity (Wildman–Crippen MR) is 267 cm³/mol. The van der Waals surface area contributed by atoms with E-state index in [4.69, 9.17) is 28.4 Å². The fourth-order valence-corrected chi connectivity index (χ4v) is 7.51. The topological polar surface area (TPSA) is 320 Å². The lowest BCUT2D eigenvalue weighted by molar-refractivity contribution is 0.0702. The zero-order valence-electron chi connectivity index (χ0n) is 40.0. The second kappa shape index (κ2) is 21.6. The molecular weight excluding hydrogens is 1000 g/mol. The van der Waals surface area contributed by atoms with Crippen LogP contribution in [0.5, 0.6) is 80.5 Å². The largest absolute Gasteiger partial charge is 0.508 e. The van der Waals surface area contributed by atoms with Gasteiger partial charge in [0.25, 0.3) is 0 Å². The smallest absolute Gasteiger partial charge is 0.343 e. The van der Waals surface area contributed by atoms with E-state index >= 15 is 0 Å². The van der Waals surface area contributed by atoms with Gasteiger partial charge in [0.1, 0.15) is 80.5 Å². The van der Waals surface area contributed by atoms with E-state index in [2.05, 4.69) is 0 Å². The average Bonchev–Trinajstić information content (AvgIpc) is 3.36. The summed E-state index contributed by atoms with van der Waals surface area (Å²) in [6.45, 7) is 3.78. The number of ether oxygens (including phenoxy) is 6. The molecule has 0 bridgehead atoms. The molecule has 0 fully saturated rings. The number of carbonyl (C=O) groups excluding carboxylic acids is 6. The van der Waals surface area contributed by atoms with Gasteiger partial charge in [0.15, 0.2) is 0 Å². The zero-order chi connectivity index (χ0) is 55.3. The van der Waals surface area contributed by atoms with Gasteiger partial charge in [-0.3, -0.25) is 0 Å². The second-order valence-corrected chi connectivity index (χ2v) is 17.3. The van der Waals surface area contributed by atoms with E-state index in [0.29, 0.717) is 5.56 Å². The molecule has 0 aliphatic carbocycles. The minimum absolute atomic E-state index is 0.0623. The quantitative estimate of drug-likeness (QED) is 0.0372. The number of aromatic hydroxyl groups is 8. The van der Waals surface area contributed by atoms with Gasteiger partial charge in [-0.1, -0.05) is 38.1 Å². The molecule has 20 nitrogen and oxygen atoms in total. The normalized spacial score (nSPS) is 10.9. The molecule has 0 aliphatic heterocycles. The molecule has 20 heteroatoms. The van der Waals surface area contributed by atoms with Gasteiger partial charge in [0.05, 0.1) is 33.4 Å². The van der Waals surface area contributed by atoms with Crippen LogP contribution in [0.2, 0.25) is 0 Å². The molecule has 0 saturated carbocycles. The van der Waals surface area contributed by atoms with Crippen molar-refractivity contribution in [2.24, 2.45) is 0 Å². The molecule has 8 aromatic carbocycles. The SMILES string of the molecule is CC(C)(c1ccc(OC(=O)c2cc(OC(=O)c3cc(O)cc(O)c3)cc(OC(=O)c3cc(O)cc(O)c3)c2)cc1)c1ccc(C(=O)Oc2cc(OC(=O)c3cc(O)cc(O)c3)cc(OC(=O)c3cc(O)cc(O)c3)c2)cc1. The minimum atomic E-state index is -1.07. The van der Waals surface area contributed by atoms with Crippen LogP contribution < -0.4 is 28.4 Å². The Labute approximate surface area is 434 Å². The van der Waals surface area contributed by atoms with Gasteiger partial charge in [-0.15, -0.1) is 0 Å². The summed E-state index contributed by atoms with van der Waals surface area (Å²) < 4.78 is 32.9. The van der Waals surface area contributed by atoms with Gasteiger partial charge < -0.3 is 69.3 Å². The van der Waals surface area contributed by atoms with E-state index in [-0.39, 0.29) is 67.9 Å². The molecule has 0 atom stereocenters. The van der Waals surface area contributed by atoms with Crippen LogP contribution in [0, 0.1) is 0 Å². The Morgan fingerprint density at radius 1 is 0.260 bits per heavy atom. The Kier molecular flexibility index (Phi) is 14.7. The molecule has 0 spiro atoms. The van der Waals surface area contributed by atoms with Gasteiger partial charge >= 0.3 is 35.8 Å². The first-order valence-corrected chi connectivity index (χ1v) is 22.5. The molecule has 0 amide bonds. The highest BCUT2D eigenvalue weighted by Gasteiger charge is 2.26. The van der Waals surface area contributed by atoms with Crippen molar-refractivity contribution in [2.45, 2.75) is 19.3 Å². The van der Waals surface area contributed by atoms with Crippen LogP contribution in [-0.2, 0) is 5.41 Å². The molecule has 0 heterocycles. The van der Waals surface area contributed by atoms with Crippen molar-refractivity contribution in [3.63, 3.8) is 0 Å². The summed E-state index contributed by atoms with van der Waals surface area (Å²) in [5, 5.41) is 79.1. The lowest BCUT2D eigenvalue weighted by Crippen LogP contribution is -2.19. The number of rotatable bonds is 14. The summed E-state index contributed by atoms with van der Waals surface area (Å²) in [5.74, 6) is -11.1. The average molecular weight is 1040 g/mol. The fourth-order valence-electron chi connectivity index (χ4n) is 7.51. The third-order valence-electron chi connectivity index (χ3n) is 11.2. The number of benzene rings is 8. The Hall–Kier alpha value is -11.0. The molecule has 8 aromatic rings. The molecule has 0 radical (unpaired) electrons. The minimum Gasteiger partial charge on any atom is -0.508 e. The molecule has 388 valence electrons. The molecule has 0 unspecified atom stereocenters. The third kappa shape index (κ3) is 13.0. The zero-order valence-corrected chi connectivity index (χ0v) is 40.0. The summed E-state index contributed by atoms with van der Waals surface area (Å²) >= 11 is 0. The number of carbonyl (C=O) groups is 6. The van der Waals surface area contributed by atoms with Crippen molar-refractivity contribution in [3.8, 4) is 80.5 Å². The van der Waals surface area contributed by atoms with Crippen LogP contribution in [0.1, 0.15) is 87.1 Å².